The molecule has 0 aliphatic carbocycles. The predicted octanol–water partition coefficient (Wildman–Crippen LogP) is 4.54. The molecule has 100 valence electrons. The largest absolute Gasteiger partial charge is 0.457 e. The lowest BCUT2D eigenvalue weighted by atomic mass is 10.1. The van der Waals surface area contributed by atoms with E-state index in [1.54, 1.807) is 12.1 Å². The Labute approximate surface area is 118 Å². The first-order valence-corrected chi connectivity index (χ1v) is 6.44. The lowest BCUT2D eigenvalue weighted by Gasteiger charge is -2.11. The number of benzene rings is 2. The molecule has 0 amide bonds. The molecule has 0 bridgehead atoms. The van der Waals surface area contributed by atoms with Crippen LogP contribution in [0.5, 0.6) is 11.5 Å². The fourth-order valence-corrected chi connectivity index (χ4v) is 2.34. The normalized spacial score (nSPS) is 12.3. The highest BCUT2D eigenvalue weighted by Crippen LogP contribution is 2.29. The van der Waals surface area contributed by atoms with Gasteiger partial charge in [-0.2, -0.15) is 0 Å². The molecule has 0 saturated carbocycles. The zero-order chi connectivity index (χ0) is 14.0. The SMILES string of the molecule is C[C@H](N)c1ccc(Oc2ccc(F)c(F)c2)cc1Br. The number of rotatable bonds is 3. The van der Waals surface area contributed by atoms with Crippen molar-refractivity contribution in [1.82, 2.24) is 0 Å². The maximum absolute atomic E-state index is 13.1. The molecular weight excluding hydrogens is 316 g/mol. The molecule has 0 spiro atoms. The lowest BCUT2D eigenvalue weighted by Crippen LogP contribution is -2.05. The van der Waals surface area contributed by atoms with Gasteiger partial charge >= 0.3 is 0 Å². The molecule has 0 aliphatic rings. The Kier molecular flexibility index (Phi) is 4.17. The summed E-state index contributed by atoms with van der Waals surface area (Å²) in [5, 5.41) is 0. The molecule has 2 nitrogen and oxygen atoms in total. The van der Waals surface area contributed by atoms with Gasteiger partial charge in [-0.1, -0.05) is 22.0 Å². The second kappa shape index (κ2) is 5.67. The third-order valence-electron chi connectivity index (χ3n) is 2.59. The fourth-order valence-electron chi connectivity index (χ4n) is 1.62. The maximum atomic E-state index is 13.1. The van der Waals surface area contributed by atoms with Crippen LogP contribution in [0.25, 0.3) is 0 Å². The molecule has 0 heterocycles. The van der Waals surface area contributed by atoms with E-state index in [0.717, 1.165) is 22.2 Å². The van der Waals surface area contributed by atoms with E-state index in [0.29, 0.717) is 5.75 Å². The number of halogens is 3. The molecule has 2 N–H and O–H groups in total. The minimum atomic E-state index is -0.941. The van der Waals surface area contributed by atoms with Gasteiger partial charge in [-0.15, -0.1) is 0 Å². The van der Waals surface area contributed by atoms with Gasteiger partial charge < -0.3 is 10.5 Å². The first-order valence-electron chi connectivity index (χ1n) is 5.65. The van der Waals surface area contributed by atoms with Crippen LogP contribution in [-0.4, -0.2) is 0 Å². The number of hydrogen-bond donors (Lipinski definition) is 1. The summed E-state index contributed by atoms with van der Waals surface area (Å²) in [6, 6.07) is 8.57. The Morgan fingerprint density at radius 2 is 1.68 bits per heavy atom. The second-order valence-electron chi connectivity index (χ2n) is 4.15. The maximum Gasteiger partial charge on any atom is 0.162 e. The molecule has 0 aromatic heterocycles. The average molecular weight is 328 g/mol. The van der Waals surface area contributed by atoms with Crippen LogP contribution >= 0.6 is 15.9 Å². The number of nitrogens with two attached hydrogens (primary N) is 1. The van der Waals surface area contributed by atoms with Crippen LogP contribution in [0.1, 0.15) is 18.5 Å². The van der Waals surface area contributed by atoms with E-state index in [1.807, 2.05) is 13.0 Å². The van der Waals surface area contributed by atoms with Crippen LogP contribution in [0.15, 0.2) is 40.9 Å². The second-order valence-corrected chi connectivity index (χ2v) is 5.00. The molecule has 5 heteroatoms. The van der Waals surface area contributed by atoms with Crippen molar-refractivity contribution in [3.8, 4) is 11.5 Å². The van der Waals surface area contributed by atoms with Crippen LogP contribution in [0.3, 0.4) is 0 Å². The minimum absolute atomic E-state index is 0.105. The van der Waals surface area contributed by atoms with Crippen molar-refractivity contribution < 1.29 is 13.5 Å². The summed E-state index contributed by atoms with van der Waals surface area (Å²) in [7, 11) is 0. The van der Waals surface area contributed by atoms with E-state index >= 15 is 0 Å². The quantitative estimate of drug-likeness (QED) is 0.898. The van der Waals surface area contributed by atoms with Gasteiger partial charge in [0.1, 0.15) is 11.5 Å². The van der Waals surface area contributed by atoms with E-state index in [1.165, 1.54) is 6.07 Å². The highest BCUT2D eigenvalue weighted by atomic mass is 79.9. The topological polar surface area (TPSA) is 35.2 Å². The molecule has 0 radical (unpaired) electrons. The molecule has 2 aromatic rings. The Balaban J connectivity index is 2.24. The third-order valence-corrected chi connectivity index (χ3v) is 3.28. The molecule has 0 fully saturated rings. The summed E-state index contributed by atoms with van der Waals surface area (Å²) < 4.78 is 32.1. The summed E-state index contributed by atoms with van der Waals surface area (Å²) in [5.41, 5.74) is 6.73. The van der Waals surface area contributed by atoms with Crippen molar-refractivity contribution in [2.75, 3.05) is 0 Å². The smallest absolute Gasteiger partial charge is 0.162 e. The minimum Gasteiger partial charge on any atom is -0.457 e. The van der Waals surface area contributed by atoms with Gasteiger partial charge in [0.05, 0.1) is 0 Å². The zero-order valence-electron chi connectivity index (χ0n) is 10.2. The molecule has 0 saturated heterocycles. The van der Waals surface area contributed by atoms with Crippen LogP contribution < -0.4 is 10.5 Å². The van der Waals surface area contributed by atoms with Gasteiger partial charge in [-0.25, -0.2) is 8.78 Å². The predicted molar refractivity (Wildman–Crippen MR) is 73.2 cm³/mol. The number of hydrogen-bond acceptors (Lipinski definition) is 2. The van der Waals surface area contributed by atoms with E-state index in [9.17, 15) is 8.78 Å². The highest BCUT2D eigenvalue weighted by molar-refractivity contribution is 9.10. The summed E-state index contributed by atoms with van der Waals surface area (Å²) in [6.45, 7) is 1.87. The van der Waals surface area contributed by atoms with Crippen molar-refractivity contribution in [1.29, 1.82) is 0 Å². The zero-order valence-corrected chi connectivity index (χ0v) is 11.7. The van der Waals surface area contributed by atoms with Crippen molar-refractivity contribution in [3.05, 3.63) is 58.1 Å². The fraction of sp³-hybridized carbons (Fsp3) is 0.143. The van der Waals surface area contributed by atoms with Crippen LogP contribution in [-0.2, 0) is 0 Å². The Hall–Kier alpha value is -1.46. The molecule has 1 atom stereocenters. The average Bonchev–Trinajstić information content (AvgIpc) is 2.33. The first-order chi connectivity index (χ1) is 8.97. The molecule has 0 unspecified atom stereocenters. The van der Waals surface area contributed by atoms with Gasteiger partial charge in [-0.05, 0) is 36.8 Å². The Morgan fingerprint density at radius 1 is 1.05 bits per heavy atom. The molecule has 2 aromatic carbocycles. The van der Waals surface area contributed by atoms with Crippen LogP contribution in [0, 0.1) is 11.6 Å². The van der Waals surface area contributed by atoms with Crippen LogP contribution in [0.4, 0.5) is 8.78 Å². The van der Waals surface area contributed by atoms with Gasteiger partial charge in [0.25, 0.3) is 0 Å². The van der Waals surface area contributed by atoms with Crippen LogP contribution in [0.2, 0.25) is 0 Å². The van der Waals surface area contributed by atoms with Gasteiger partial charge in [0.15, 0.2) is 11.6 Å². The highest BCUT2D eigenvalue weighted by Gasteiger charge is 2.08. The number of ether oxygens (including phenoxy) is 1. The van der Waals surface area contributed by atoms with Crippen molar-refractivity contribution in [2.45, 2.75) is 13.0 Å². The molecular formula is C14H12BrF2NO. The summed E-state index contributed by atoms with van der Waals surface area (Å²) in [6.07, 6.45) is 0. The van der Waals surface area contributed by atoms with E-state index < -0.39 is 11.6 Å². The van der Waals surface area contributed by atoms with Gasteiger partial charge in [-0.3, -0.25) is 0 Å². The summed E-state index contributed by atoms with van der Waals surface area (Å²) >= 11 is 3.39. The van der Waals surface area contributed by atoms with E-state index in [4.69, 9.17) is 10.5 Å². The molecule has 0 aliphatic heterocycles. The van der Waals surface area contributed by atoms with Crippen molar-refractivity contribution in [2.24, 2.45) is 5.73 Å². The van der Waals surface area contributed by atoms with Gasteiger partial charge in [0.2, 0.25) is 0 Å². The molecule has 19 heavy (non-hydrogen) atoms. The first kappa shape index (κ1) is 14.0. The van der Waals surface area contributed by atoms with E-state index in [-0.39, 0.29) is 11.8 Å². The summed E-state index contributed by atoms with van der Waals surface area (Å²) in [5.74, 6) is -1.09. The van der Waals surface area contributed by atoms with Crippen molar-refractivity contribution >= 4 is 15.9 Å². The van der Waals surface area contributed by atoms with E-state index in [2.05, 4.69) is 15.9 Å². The van der Waals surface area contributed by atoms with Crippen molar-refractivity contribution in [3.63, 3.8) is 0 Å². The Morgan fingerprint density at radius 3 is 2.26 bits per heavy atom. The lowest BCUT2D eigenvalue weighted by molar-refractivity contribution is 0.461. The third kappa shape index (κ3) is 3.30. The monoisotopic (exact) mass is 327 g/mol. The summed E-state index contributed by atoms with van der Waals surface area (Å²) in [4.78, 5) is 0. The molecule has 2 rings (SSSR count). The van der Waals surface area contributed by atoms with Gasteiger partial charge in [0, 0.05) is 16.6 Å². The standard InChI is InChI=1S/C14H12BrF2NO/c1-8(18)11-4-2-9(6-12(11)15)19-10-3-5-13(16)14(17)7-10/h2-8H,18H2,1H3/t8-/m0/s1. The Bertz CT molecular complexity index is 602.